The van der Waals surface area contributed by atoms with E-state index in [0.29, 0.717) is 19.3 Å². The van der Waals surface area contributed by atoms with Gasteiger partial charge in [-0.05, 0) is 41.5 Å². The van der Waals surface area contributed by atoms with E-state index in [1.165, 1.54) is 0 Å². The Morgan fingerprint density at radius 2 is 1.63 bits per heavy atom. The van der Waals surface area contributed by atoms with Crippen LogP contribution < -0.4 is 10.6 Å². The molecule has 0 radical (unpaired) electrons. The summed E-state index contributed by atoms with van der Waals surface area (Å²) < 4.78 is 31.7. The third-order valence-electron chi connectivity index (χ3n) is 6.74. The molecule has 0 saturated heterocycles. The molecule has 2 aromatic rings. The van der Waals surface area contributed by atoms with Crippen LogP contribution in [-0.4, -0.2) is 48.2 Å². The zero-order valence-electron chi connectivity index (χ0n) is 19.1. The Morgan fingerprint density at radius 3 is 2.23 bits per heavy atom. The molecule has 2 amide bonds. The van der Waals surface area contributed by atoms with Crippen molar-refractivity contribution in [2.45, 2.75) is 56.5 Å². The summed E-state index contributed by atoms with van der Waals surface area (Å²) in [4.78, 5) is 35.8. The van der Waals surface area contributed by atoms with E-state index < -0.39 is 42.8 Å². The van der Waals surface area contributed by atoms with E-state index >= 15 is 0 Å². The van der Waals surface area contributed by atoms with Crippen LogP contribution in [0.25, 0.3) is 11.1 Å². The maximum Gasteiger partial charge on any atom is 0.407 e. The molecule has 4 rings (SSSR count). The average molecular weight is 487 g/mol. The van der Waals surface area contributed by atoms with Crippen LogP contribution in [0.2, 0.25) is 0 Å². The van der Waals surface area contributed by atoms with Gasteiger partial charge in [-0.15, -0.1) is 0 Å². The Balaban J connectivity index is 1.31. The fourth-order valence-electron chi connectivity index (χ4n) is 5.06. The smallest absolute Gasteiger partial charge is 0.407 e. The first-order valence-electron chi connectivity index (χ1n) is 11.7. The van der Waals surface area contributed by atoms with Crippen LogP contribution in [0.4, 0.5) is 13.6 Å². The first-order chi connectivity index (χ1) is 16.8. The monoisotopic (exact) mass is 486 g/mol. The summed E-state index contributed by atoms with van der Waals surface area (Å²) in [7, 11) is 0. The highest BCUT2D eigenvalue weighted by molar-refractivity contribution is 5.80. The molecule has 0 aromatic heterocycles. The Labute approximate surface area is 201 Å². The van der Waals surface area contributed by atoms with Gasteiger partial charge in [-0.3, -0.25) is 9.59 Å². The number of nitrogens with one attached hydrogen (secondary N) is 2. The maximum atomic E-state index is 13.1. The third kappa shape index (κ3) is 5.78. The number of carboxylic acids is 1. The minimum Gasteiger partial charge on any atom is -0.481 e. The second-order valence-corrected chi connectivity index (χ2v) is 9.08. The van der Waals surface area contributed by atoms with Crippen molar-refractivity contribution in [3.8, 4) is 11.1 Å². The predicted octanol–water partition coefficient (Wildman–Crippen LogP) is 4.31. The molecule has 0 heterocycles. The van der Waals surface area contributed by atoms with Crippen molar-refractivity contribution in [2.24, 2.45) is 5.92 Å². The van der Waals surface area contributed by atoms with Crippen LogP contribution >= 0.6 is 0 Å². The number of ether oxygens (including phenoxy) is 1. The zero-order valence-corrected chi connectivity index (χ0v) is 19.1. The first-order valence-corrected chi connectivity index (χ1v) is 11.7. The lowest BCUT2D eigenvalue weighted by molar-refractivity contribution is -0.139. The standard InChI is InChI=1S/C26H28F2N2O5/c27-24(28)22(13-23(31)32)30-25(33)15-6-5-7-16(12-15)29-26(34)35-14-21-19-10-3-1-8-17(19)18-9-2-4-11-20(18)21/h1-4,8-11,15-16,21-22,24H,5-7,12-14H2,(H,29,34)(H,30,33)(H,31,32)/t15-,16-,22?/m1/s1. The number of alkyl carbamates (subject to hydrolysis) is 1. The number of halogens is 2. The summed E-state index contributed by atoms with van der Waals surface area (Å²) in [5, 5.41) is 13.7. The van der Waals surface area contributed by atoms with Gasteiger partial charge >= 0.3 is 12.1 Å². The van der Waals surface area contributed by atoms with E-state index in [0.717, 1.165) is 22.3 Å². The summed E-state index contributed by atoms with van der Waals surface area (Å²) in [5.74, 6) is -2.68. The topological polar surface area (TPSA) is 105 Å². The third-order valence-corrected chi connectivity index (χ3v) is 6.74. The zero-order chi connectivity index (χ0) is 24.9. The van der Waals surface area contributed by atoms with E-state index in [2.05, 4.69) is 22.8 Å². The molecule has 0 spiro atoms. The van der Waals surface area contributed by atoms with Crippen LogP contribution in [0.1, 0.15) is 49.1 Å². The highest BCUT2D eigenvalue weighted by atomic mass is 19.3. The summed E-state index contributed by atoms with van der Waals surface area (Å²) in [5.41, 5.74) is 4.46. The Hall–Kier alpha value is -3.49. The van der Waals surface area contributed by atoms with Crippen LogP contribution in [0.3, 0.4) is 0 Å². The molecule has 186 valence electrons. The number of benzene rings is 2. The van der Waals surface area contributed by atoms with Crippen molar-refractivity contribution in [3.05, 3.63) is 59.7 Å². The van der Waals surface area contributed by atoms with Crippen molar-refractivity contribution < 1.29 is 33.0 Å². The largest absolute Gasteiger partial charge is 0.481 e. The molecule has 1 saturated carbocycles. The Morgan fingerprint density at radius 1 is 1.00 bits per heavy atom. The van der Waals surface area contributed by atoms with Gasteiger partial charge in [-0.25, -0.2) is 13.6 Å². The number of fused-ring (bicyclic) bond motifs is 3. The number of aliphatic carboxylic acids is 1. The van der Waals surface area contributed by atoms with Crippen molar-refractivity contribution >= 4 is 18.0 Å². The lowest BCUT2D eigenvalue weighted by atomic mass is 9.85. The molecule has 1 fully saturated rings. The van der Waals surface area contributed by atoms with Gasteiger partial charge in [-0.1, -0.05) is 55.0 Å². The number of carbonyl (C=O) groups excluding carboxylic acids is 2. The number of rotatable bonds is 8. The Kier molecular flexibility index (Phi) is 7.63. The summed E-state index contributed by atoms with van der Waals surface area (Å²) in [6, 6.07) is 14.0. The highest BCUT2D eigenvalue weighted by Crippen LogP contribution is 2.44. The fourth-order valence-corrected chi connectivity index (χ4v) is 5.06. The summed E-state index contributed by atoms with van der Waals surface area (Å²) >= 11 is 0. The molecule has 0 bridgehead atoms. The molecule has 3 N–H and O–H groups in total. The molecule has 0 aliphatic heterocycles. The van der Waals surface area contributed by atoms with Crippen LogP contribution in [-0.2, 0) is 14.3 Å². The number of hydrogen-bond acceptors (Lipinski definition) is 4. The van der Waals surface area contributed by atoms with Gasteiger partial charge in [0.05, 0.1) is 6.42 Å². The fraction of sp³-hybridized carbons (Fsp3) is 0.423. The van der Waals surface area contributed by atoms with Crippen molar-refractivity contribution in [2.75, 3.05) is 6.61 Å². The average Bonchev–Trinajstić information content (AvgIpc) is 3.16. The van der Waals surface area contributed by atoms with E-state index in [1.54, 1.807) is 0 Å². The van der Waals surface area contributed by atoms with E-state index in [9.17, 15) is 23.2 Å². The van der Waals surface area contributed by atoms with Crippen molar-refractivity contribution in [1.29, 1.82) is 0 Å². The second-order valence-electron chi connectivity index (χ2n) is 9.08. The predicted molar refractivity (Wildman–Crippen MR) is 124 cm³/mol. The summed E-state index contributed by atoms with van der Waals surface area (Å²) in [6.45, 7) is 0.168. The molecule has 2 aliphatic carbocycles. The molecule has 35 heavy (non-hydrogen) atoms. The van der Waals surface area contributed by atoms with Gasteiger partial charge in [0.15, 0.2) is 0 Å². The number of carboxylic acid groups (broad SMARTS) is 1. The molecule has 7 nitrogen and oxygen atoms in total. The Bertz CT molecular complexity index is 1050. The SMILES string of the molecule is O=C(O)CC(NC(=O)[C@@H]1CCC[C@@H](NC(=O)OCC2c3ccccc3-c3ccccc32)C1)C(F)F. The normalized spacial score (nSPS) is 20.0. The van der Waals surface area contributed by atoms with Gasteiger partial charge in [-0.2, -0.15) is 0 Å². The van der Waals surface area contributed by atoms with Gasteiger partial charge in [0.2, 0.25) is 5.91 Å². The van der Waals surface area contributed by atoms with E-state index in [4.69, 9.17) is 9.84 Å². The number of alkyl halides is 2. The van der Waals surface area contributed by atoms with E-state index in [1.807, 2.05) is 36.4 Å². The lowest BCUT2D eigenvalue weighted by Crippen LogP contribution is -2.47. The van der Waals surface area contributed by atoms with E-state index in [-0.39, 0.29) is 25.0 Å². The van der Waals surface area contributed by atoms with Crippen molar-refractivity contribution in [1.82, 2.24) is 10.6 Å². The quantitative estimate of drug-likeness (QED) is 0.516. The van der Waals surface area contributed by atoms with Gasteiger partial charge in [0.25, 0.3) is 6.43 Å². The van der Waals surface area contributed by atoms with Crippen LogP contribution in [0.5, 0.6) is 0 Å². The van der Waals surface area contributed by atoms with Gasteiger partial charge < -0.3 is 20.5 Å². The maximum absolute atomic E-state index is 13.1. The number of carbonyl (C=O) groups is 3. The van der Waals surface area contributed by atoms with Crippen LogP contribution in [0, 0.1) is 5.92 Å². The first kappa shape index (κ1) is 24.6. The van der Waals surface area contributed by atoms with Crippen LogP contribution in [0.15, 0.2) is 48.5 Å². The molecular weight excluding hydrogens is 458 g/mol. The molecule has 9 heteroatoms. The second kappa shape index (κ2) is 10.8. The molecular formula is C26H28F2N2O5. The summed E-state index contributed by atoms with van der Waals surface area (Å²) in [6.07, 6.45) is -2.39. The van der Waals surface area contributed by atoms with Crippen molar-refractivity contribution in [3.63, 3.8) is 0 Å². The minimum absolute atomic E-state index is 0.0708. The minimum atomic E-state index is -2.98. The van der Waals surface area contributed by atoms with Gasteiger partial charge in [0, 0.05) is 17.9 Å². The molecule has 1 unspecified atom stereocenters. The number of hydrogen-bond donors (Lipinski definition) is 3. The molecule has 2 aromatic carbocycles. The molecule has 2 aliphatic rings. The number of amides is 2. The lowest BCUT2D eigenvalue weighted by Gasteiger charge is -2.30. The molecule has 3 atom stereocenters. The van der Waals surface area contributed by atoms with Gasteiger partial charge in [0.1, 0.15) is 12.6 Å². The highest BCUT2D eigenvalue weighted by Gasteiger charge is 2.33.